The second-order valence-electron chi connectivity index (χ2n) is 10.7. The fraction of sp³-hybridized carbons (Fsp3) is 0. The van der Waals surface area contributed by atoms with Crippen LogP contribution in [0.15, 0.2) is 127 Å². The van der Waals surface area contributed by atoms with Crippen LogP contribution in [0.2, 0.25) is 0 Å². The predicted molar refractivity (Wildman–Crippen MR) is 175 cm³/mol. The average Bonchev–Trinajstić information content (AvgIpc) is 3.60. The second kappa shape index (κ2) is 9.74. The van der Waals surface area contributed by atoms with Gasteiger partial charge in [0.1, 0.15) is 12.1 Å². The molecule has 6 aromatic carbocycles. The van der Waals surface area contributed by atoms with E-state index in [0.717, 1.165) is 60.4 Å². The number of benzene rings is 6. The maximum Gasteiger partial charge on any atom is 0.101 e. The lowest BCUT2D eigenvalue weighted by molar-refractivity contribution is 1.16. The first kappa shape index (κ1) is 25.1. The largest absolute Gasteiger partial charge is 0.308 e. The molecule has 8 rings (SSSR count). The van der Waals surface area contributed by atoms with E-state index in [9.17, 15) is 15.8 Å². The molecule has 0 amide bonds. The van der Waals surface area contributed by atoms with Gasteiger partial charge in [0.15, 0.2) is 0 Å². The Kier molecular flexibility index (Phi) is 5.56. The van der Waals surface area contributed by atoms with Gasteiger partial charge in [-0.1, -0.05) is 72.8 Å². The van der Waals surface area contributed by atoms with E-state index in [2.05, 4.69) is 81.9 Å². The summed E-state index contributed by atoms with van der Waals surface area (Å²) in [5, 5.41) is 34.0. The van der Waals surface area contributed by atoms with E-state index in [1.807, 2.05) is 54.6 Å². The van der Waals surface area contributed by atoms with Crippen LogP contribution in [0.25, 0.3) is 66.1 Å². The Bertz CT molecular complexity index is 2600. The van der Waals surface area contributed by atoms with Gasteiger partial charge in [0.25, 0.3) is 0 Å². The fourth-order valence-electron chi connectivity index (χ4n) is 6.56. The standard InChI is InChI=1S/C39H21N5/c40-22-25-16-17-28(24-42)37(20-25)44-35-14-6-3-10-32(35)39-29(11-7-15-36(39)44)26-18-19-31-30-9-2-5-13-34(30)43(38(31)21-26)33-12-4-1-8-27(33)23-41/h1-21H. The van der Waals surface area contributed by atoms with Crippen LogP contribution in [0.4, 0.5) is 0 Å². The topological polar surface area (TPSA) is 81.2 Å². The highest BCUT2D eigenvalue weighted by Crippen LogP contribution is 2.41. The van der Waals surface area contributed by atoms with Gasteiger partial charge < -0.3 is 9.13 Å². The third kappa shape index (κ3) is 3.56. The summed E-state index contributed by atoms with van der Waals surface area (Å²) in [7, 11) is 0. The van der Waals surface area contributed by atoms with Crippen molar-refractivity contribution in [1.29, 1.82) is 15.8 Å². The van der Waals surface area contributed by atoms with Gasteiger partial charge in [-0.2, -0.15) is 15.8 Å². The minimum atomic E-state index is 0.497. The second-order valence-corrected chi connectivity index (χ2v) is 10.7. The summed E-state index contributed by atoms with van der Waals surface area (Å²) in [6.45, 7) is 0. The van der Waals surface area contributed by atoms with Gasteiger partial charge in [-0.3, -0.25) is 0 Å². The van der Waals surface area contributed by atoms with E-state index in [0.29, 0.717) is 22.4 Å². The molecule has 0 fully saturated rings. The van der Waals surface area contributed by atoms with Crippen molar-refractivity contribution < 1.29 is 0 Å². The van der Waals surface area contributed by atoms with Gasteiger partial charge in [0.05, 0.1) is 56.2 Å². The number of nitriles is 3. The number of rotatable bonds is 3. The minimum Gasteiger partial charge on any atom is -0.308 e. The molecule has 0 saturated heterocycles. The molecule has 0 aliphatic carbocycles. The first-order valence-electron chi connectivity index (χ1n) is 14.2. The Morgan fingerprint density at radius 1 is 0.432 bits per heavy atom. The number of hydrogen-bond acceptors (Lipinski definition) is 3. The predicted octanol–water partition coefficient (Wildman–Crippen LogP) is 9.16. The molecule has 0 saturated carbocycles. The van der Waals surface area contributed by atoms with E-state index in [4.69, 9.17) is 0 Å². The highest BCUT2D eigenvalue weighted by Gasteiger charge is 2.20. The molecule has 0 spiro atoms. The van der Waals surface area contributed by atoms with E-state index < -0.39 is 0 Å². The molecule has 2 aromatic heterocycles. The van der Waals surface area contributed by atoms with Crippen molar-refractivity contribution in [3.8, 4) is 40.7 Å². The van der Waals surface area contributed by atoms with Gasteiger partial charge >= 0.3 is 0 Å². The molecule has 5 nitrogen and oxygen atoms in total. The monoisotopic (exact) mass is 559 g/mol. The fourth-order valence-corrected chi connectivity index (χ4v) is 6.56. The summed E-state index contributed by atoms with van der Waals surface area (Å²) >= 11 is 0. The van der Waals surface area contributed by atoms with Crippen LogP contribution in [-0.2, 0) is 0 Å². The normalized spacial score (nSPS) is 11.1. The molecular formula is C39H21N5. The molecule has 2 heterocycles. The first-order valence-corrected chi connectivity index (χ1v) is 14.2. The van der Waals surface area contributed by atoms with Crippen molar-refractivity contribution in [1.82, 2.24) is 9.13 Å². The summed E-state index contributed by atoms with van der Waals surface area (Å²) in [6, 6.07) is 49.1. The van der Waals surface area contributed by atoms with Gasteiger partial charge in [-0.15, -0.1) is 0 Å². The van der Waals surface area contributed by atoms with E-state index >= 15 is 0 Å². The van der Waals surface area contributed by atoms with Gasteiger partial charge in [0.2, 0.25) is 0 Å². The van der Waals surface area contributed by atoms with Crippen molar-refractivity contribution in [3.05, 3.63) is 144 Å². The molecular weight excluding hydrogens is 538 g/mol. The quantitative estimate of drug-likeness (QED) is 0.216. The van der Waals surface area contributed by atoms with Crippen LogP contribution in [0.5, 0.6) is 0 Å². The van der Waals surface area contributed by atoms with Crippen LogP contribution >= 0.6 is 0 Å². The number of hydrogen-bond donors (Lipinski definition) is 0. The van der Waals surface area contributed by atoms with Crippen LogP contribution in [0, 0.1) is 34.0 Å². The summed E-state index contributed by atoms with van der Waals surface area (Å²) in [6.07, 6.45) is 0. The minimum absolute atomic E-state index is 0.497. The summed E-state index contributed by atoms with van der Waals surface area (Å²) in [4.78, 5) is 0. The van der Waals surface area contributed by atoms with Gasteiger partial charge in [-0.05, 0) is 65.7 Å². The molecule has 44 heavy (non-hydrogen) atoms. The van der Waals surface area contributed by atoms with Crippen LogP contribution in [0.1, 0.15) is 16.7 Å². The molecule has 0 bridgehead atoms. The average molecular weight is 560 g/mol. The van der Waals surface area contributed by atoms with E-state index in [-0.39, 0.29) is 0 Å². The maximum absolute atomic E-state index is 10.0. The number of para-hydroxylation sites is 3. The van der Waals surface area contributed by atoms with E-state index in [1.165, 1.54) is 0 Å². The molecule has 0 radical (unpaired) electrons. The SMILES string of the molecule is N#Cc1ccc(C#N)c(-n2c3ccccc3c3c(-c4ccc5c6ccccc6n(-c6ccccc6C#N)c5c4)cccc32)c1. The van der Waals surface area contributed by atoms with Crippen LogP contribution in [0.3, 0.4) is 0 Å². The van der Waals surface area contributed by atoms with Gasteiger partial charge in [-0.25, -0.2) is 0 Å². The number of fused-ring (bicyclic) bond motifs is 6. The molecule has 0 N–H and O–H groups in total. The molecule has 202 valence electrons. The zero-order chi connectivity index (χ0) is 29.8. The lowest BCUT2D eigenvalue weighted by Crippen LogP contribution is -1.98. The zero-order valence-corrected chi connectivity index (χ0v) is 23.4. The van der Waals surface area contributed by atoms with Gasteiger partial charge in [0, 0.05) is 21.5 Å². The molecule has 0 atom stereocenters. The van der Waals surface area contributed by atoms with Crippen LogP contribution < -0.4 is 0 Å². The first-order chi connectivity index (χ1) is 21.7. The molecule has 0 unspecified atom stereocenters. The number of aromatic nitrogens is 2. The summed E-state index contributed by atoms with van der Waals surface area (Å²) in [5.41, 5.74) is 9.18. The lowest BCUT2D eigenvalue weighted by atomic mass is 9.98. The molecule has 0 aliphatic rings. The lowest BCUT2D eigenvalue weighted by Gasteiger charge is -2.12. The van der Waals surface area contributed by atoms with Crippen molar-refractivity contribution in [3.63, 3.8) is 0 Å². The number of nitrogens with zero attached hydrogens (tertiary/aromatic N) is 5. The smallest absolute Gasteiger partial charge is 0.101 e. The van der Waals surface area contributed by atoms with Crippen molar-refractivity contribution in [2.24, 2.45) is 0 Å². The van der Waals surface area contributed by atoms with Crippen molar-refractivity contribution in [2.45, 2.75) is 0 Å². The Hall–Kier alpha value is -6.61. The summed E-state index contributed by atoms with van der Waals surface area (Å²) < 4.78 is 4.27. The van der Waals surface area contributed by atoms with Crippen LogP contribution in [-0.4, -0.2) is 9.13 Å². The molecule has 0 aliphatic heterocycles. The molecule has 8 aromatic rings. The highest BCUT2D eigenvalue weighted by atomic mass is 15.0. The van der Waals surface area contributed by atoms with Crippen molar-refractivity contribution >= 4 is 43.6 Å². The third-order valence-corrected chi connectivity index (χ3v) is 8.44. The Morgan fingerprint density at radius 3 is 1.86 bits per heavy atom. The van der Waals surface area contributed by atoms with Crippen molar-refractivity contribution in [2.75, 3.05) is 0 Å². The third-order valence-electron chi connectivity index (χ3n) is 8.44. The van der Waals surface area contributed by atoms with E-state index in [1.54, 1.807) is 18.2 Å². The Labute approximate surface area is 252 Å². The highest BCUT2D eigenvalue weighted by molar-refractivity contribution is 6.17. The Morgan fingerprint density at radius 2 is 1.07 bits per heavy atom. The Balaban J connectivity index is 1.46. The molecule has 5 heteroatoms. The maximum atomic E-state index is 10.0. The zero-order valence-electron chi connectivity index (χ0n) is 23.4. The summed E-state index contributed by atoms with van der Waals surface area (Å²) in [5.74, 6) is 0.